The van der Waals surface area contributed by atoms with E-state index in [2.05, 4.69) is 5.10 Å². The van der Waals surface area contributed by atoms with E-state index in [1.54, 1.807) is 22.9 Å². The van der Waals surface area contributed by atoms with Gasteiger partial charge in [0.15, 0.2) is 5.78 Å². The van der Waals surface area contributed by atoms with E-state index in [0.29, 0.717) is 5.56 Å². The number of hydrogen-bond acceptors (Lipinski definition) is 3. The molecule has 2 rings (SSSR count). The van der Waals surface area contributed by atoms with Gasteiger partial charge in [-0.2, -0.15) is 5.10 Å². The summed E-state index contributed by atoms with van der Waals surface area (Å²) in [7, 11) is 0. The van der Waals surface area contributed by atoms with Gasteiger partial charge in [0.05, 0.1) is 5.69 Å². The fourth-order valence-electron chi connectivity index (χ4n) is 1.53. The first-order valence-corrected chi connectivity index (χ1v) is 5.74. The minimum atomic E-state index is -0.110. The van der Waals surface area contributed by atoms with Gasteiger partial charge in [-0.05, 0) is 49.4 Å². The lowest BCUT2D eigenvalue weighted by molar-refractivity contribution is 0.104. The second-order valence-corrected chi connectivity index (χ2v) is 3.84. The molecule has 0 aliphatic rings. The third kappa shape index (κ3) is 2.85. The molecule has 2 aromatic rings. The Hall–Kier alpha value is -2.36. The third-order valence-corrected chi connectivity index (χ3v) is 2.54. The standard InChI is InChI=1S/C14H14N2O2/c1-2-16-10-9-12(15-16)5-8-14(18)11-3-6-13(17)7-4-11/h3-10,17H,2H2,1H3/b8-5+. The molecule has 4 heteroatoms. The second-order valence-electron chi connectivity index (χ2n) is 3.84. The summed E-state index contributed by atoms with van der Waals surface area (Å²) < 4.78 is 1.80. The van der Waals surface area contributed by atoms with Crippen molar-refractivity contribution >= 4 is 11.9 Å². The molecule has 0 aliphatic carbocycles. The van der Waals surface area contributed by atoms with E-state index >= 15 is 0 Å². The van der Waals surface area contributed by atoms with E-state index in [0.717, 1.165) is 12.2 Å². The lowest BCUT2D eigenvalue weighted by Gasteiger charge is -1.95. The van der Waals surface area contributed by atoms with Crippen molar-refractivity contribution in [3.05, 3.63) is 53.9 Å². The molecular weight excluding hydrogens is 228 g/mol. The highest BCUT2D eigenvalue weighted by molar-refractivity contribution is 6.06. The van der Waals surface area contributed by atoms with E-state index in [4.69, 9.17) is 5.11 Å². The highest BCUT2D eigenvalue weighted by Gasteiger charge is 2.01. The number of allylic oxidation sites excluding steroid dienone is 1. The third-order valence-electron chi connectivity index (χ3n) is 2.54. The molecule has 0 fully saturated rings. The smallest absolute Gasteiger partial charge is 0.185 e. The van der Waals surface area contributed by atoms with Gasteiger partial charge in [-0.25, -0.2) is 0 Å². The average molecular weight is 242 g/mol. The van der Waals surface area contributed by atoms with Crippen molar-refractivity contribution in [2.45, 2.75) is 13.5 Å². The van der Waals surface area contributed by atoms with Crippen molar-refractivity contribution in [2.75, 3.05) is 0 Å². The van der Waals surface area contributed by atoms with Crippen LogP contribution in [0.5, 0.6) is 5.75 Å². The van der Waals surface area contributed by atoms with Gasteiger partial charge in [0.1, 0.15) is 5.75 Å². The molecule has 1 aromatic carbocycles. The van der Waals surface area contributed by atoms with Gasteiger partial charge in [-0.15, -0.1) is 0 Å². The first kappa shape index (κ1) is 12.1. The minimum absolute atomic E-state index is 0.110. The van der Waals surface area contributed by atoms with Crippen LogP contribution in [0.3, 0.4) is 0 Å². The van der Waals surface area contributed by atoms with Crippen molar-refractivity contribution in [3.63, 3.8) is 0 Å². The largest absolute Gasteiger partial charge is 0.508 e. The molecule has 0 radical (unpaired) electrons. The number of benzene rings is 1. The van der Waals surface area contributed by atoms with Crippen LogP contribution >= 0.6 is 0 Å². The van der Waals surface area contributed by atoms with Gasteiger partial charge in [-0.3, -0.25) is 9.48 Å². The van der Waals surface area contributed by atoms with E-state index < -0.39 is 0 Å². The van der Waals surface area contributed by atoms with E-state index in [-0.39, 0.29) is 11.5 Å². The molecule has 0 saturated heterocycles. The fraction of sp³-hybridized carbons (Fsp3) is 0.143. The van der Waals surface area contributed by atoms with Crippen LogP contribution in [0, 0.1) is 0 Å². The summed E-state index contributed by atoms with van der Waals surface area (Å²) in [5.74, 6) is 0.0401. The van der Waals surface area contributed by atoms with Crippen LogP contribution in [-0.2, 0) is 6.54 Å². The second kappa shape index (κ2) is 5.31. The summed E-state index contributed by atoms with van der Waals surface area (Å²) in [4.78, 5) is 11.8. The summed E-state index contributed by atoms with van der Waals surface area (Å²) in [6.07, 6.45) is 5.03. The predicted molar refractivity (Wildman–Crippen MR) is 69.4 cm³/mol. The number of ketones is 1. The molecule has 0 aliphatic heterocycles. The maximum atomic E-state index is 11.8. The van der Waals surface area contributed by atoms with Crippen LogP contribution in [0.15, 0.2) is 42.6 Å². The summed E-state index contributed by atoms with van der Waals surface area (Å²) >= 11 is 0. The molecule has 0 bridgehead atoms. The molecule has 0 atom stereocenters. The number of aromatic nitrogens is 2. The highest BCUT2D eigenvalue weighted by atomic mass is 16.3. The van der Waals surface area contributed by atoms with Gasteiger partial charge >= 0.3 is 0 Å². The Morgan fingerprint density at radius 3 is 2.67 bits per heavy atom. The lowest BCUT2D eigenvalue weighted by Crippen LogP contribution is -1.95. The highest BCUT2D eigenvalue weighted by Crippen LogP contribution is 2.11. The number of nitrogens with zero attached hydrogens (tertiary/aromatic N) is 2. The quantitative estimate of drug-likeness (QED) is 0.662. The molecule has 1 N–H and O–H groups in total. The van der Waals surface area contributed by atoms with Gasteiger partial charge in [0.25, 0.3) is 0 Å². The topological polar surface area (TPSA) is 55.1 Å². The Balaban J connectivity index is 2.09. The molecular formula is C14H14N2O2. The molecule has 92 valence electrons. The van der Waals surface area contributed by atoms with Gasteiger partial charge in [-0.1, -0.05) is 0 Å². The summed E-state index contributed by atoms with van der Waals surface area (Å²) in [5.41, 5.74) is 1.29. The van der Waals surface area contributed by atoms with Crippen molar-refractivity contribution in [1.82, 2.24) is 9.78 Å². The Bertz CT molecular complexity index is 568. The molecule has 18 heavy (non-hydrogen) atoms. The number of aromatic hydroxyl groups is 1. The minimum Gasteiger partial charge on any atom is -0.508 e. The van der Waals surface area contributed by atoms with Gasteiger partial charge in [0.2, 0.25) is 0 Å². The van der Waals surface area contributed by atoms with Gasteiger partial charge in [0, 0.05) is 18.3 Å². The Kier molecular flexibility index (Phi) is 3.57. The normalized spacial score (nSPS) is 10.9. The van der Waals surface area contributed by atoms with Crippen LogP contribution in [0.1, 0.15) is 23.0 Å². The number of phenols is 1. The molecule has 0 saturated carbocycles. The average Bonchev–Trinajstić information content (AvgIpc) is 2.85. The molecule has 0 unspecified atom stereocenters. The number of hydrogen-bond donors (Lipinski definition) is 1. The van der Waals surface area contributed by atoms with Crippen molar-refractivity contribution in [2.24, 2.45) is 0 Å². The Morgan fingerprint density at radius 2 is 2.06 bits per heavy atom. The lowest BCUT2D eigenvalue weighted by atomic mass is 10.1. The molecule has 1 aromatic heterocycles. The first-order valence-electron chi connectivity index (χ1n) is 5.74. The molecule has 0 amide bonds. The zero-order chi connectivity index (χ0) is 13.0. The number of rotatable bonds is 4. The van der Waals surface area contributed by atoms with Crippen LogP contribution in [0.4, 0.5) is 0 Å². The Labute approximate surface area is 105 Å². The maximum Gasteiger partial charge on any atom is 0.185 e. The molecule has 4 nitrogen and oxygen atoms in total. The zero-order valence-corrected chi connectivity index (χ0v) is 10.1. The SMILES string of the molecule is CCn1ccc(/C=C/C(=O)c2ccc(O)cc2)n1. The monoisotopic (exact) mass is 242 g/mol. The van der Waals surface area contributed by atoms with Gasteiger partial charge < -0.3 is 5.11 Å². The summed E-state index contributed by atoms with van der Waals surface area (Å²) in [6, 6.07) is 8.02. The van der Waals surface area contributed by atoms with Crippen LogP contribution in [-0.4, -0.2) is 20.7 Å². The van der Waals surface area contributed by atoms with Crippen molar-refractivity contribution in [1.29, 1.82) is 0 Å². The van der Waals surface area contributed by atoms with Crippen LogP contribution < -0.4 is 0 Å². The van der Waals surface area contributed by atoms with Crippen molar-refractivity contribution < 1.29 is 9.90 Å². The number of aryl methyl sites for hydroxylation is 1. The van der Waals surface area contributed by atoms with Crippen LogP contribution in [0.2, 0.25) is 0 Å². The number of carbonyl (C=O) groups is 1. The maximum absolute atomic E-state index is 11.8. The predicted octanol–water partition coefficient (Wildman–Crippen LogP) is 2.50. The van der Waals surface area contributed by atoms with E-state index in [1.807, 2.05) is 19.2 Å². The van der Waals surface area contributed by atoms with Crippen molar-refractivity contribution in [3.8, 4) is 5.75 Å². The fourth-order valence-corrected chi connectivity index (χ4v) is 1.53. The zero-order valence-electron chi connectivity index (χ0n) is 10.1. The summed E-state index contributed by atoms with van der Waals surface area (Å²) in [5, 5.41) is 13.4. The van der Waals surface area contributed by atoms with Crippen LogP contribution in [0.25, 0.3) is 6.08 Å². The number of phenolic OH excluding ortho intramolecular Hbond substituents is 1. The molecule has 0 spiro atoms. The van der Waals surface area contributed by atoms with E-state index in [1.165, 1.54) is 18.2 Å². The van der Waals surface area contributed by atoms with E-state index in [9.17, 15) is 4.79 Å². The number of carbonyl (C=O) groups excluding carboxylic acids is 1. The molecule has 1 heterocycles. The summed E-state index contributed by atoms with van der Waals surface area (Å²) in [6.45, 7) is 2.81. The first-order chi connectivity index (χ1) is 8.69. The Morgan fingerprint density at radius 1 is 1.33 bits per heavy atom.